The second-order valence-electron chi connectivity index (χ2n) is 4.03. The van der Waals surface area contributed by atoms with E-state index in [2.05, 4.69) is 9.71 Å². The van der Waals surface area contributed by atoms with Gasteiger partial charge < -0.3 is 10.8 Å². The number of carboxylic acid groups (broad SMARTS) is 1. The van der Waals surface area contributed by atoms with Crippen molar-refractivity contribution in [3.8, 4) is 0 Å². The molecule has 1 heterocycles. The van der Waals surface area contributed by atoms with Crippen molar-refractivity contribution in [2.75, 3.05) is 10.5 Å². The molecule has 1 aromatic heterocycles. The molecule has 0 saturated heterocycles. The lowest BCUT2D eigenvalue weighted by Crippen LogP contribution is -2.15. The van der Waals surface area contributed by atoms with Crippen LogP contribution in [0, 0.1) is 0 Å². The van der Waals surface area contributed by atoms with Gasteiger partial charge in [-0.1, -0.05) is 11.6 Å². The highest BCUT2D eigenvalue weighted by Gasteiger charge is 2.19. The standard InChI is InChI=1S/C12H10ClN3O4S/c13-11-4-2-8(6-15-11)16-21(19,20)10-3-1-7(12(17)18)5-9(10)14/h1-6,16H,14H2,(H,17,18). The maximum atomic E-state index is 12.2. The molecule has 0 spiro atoms. The molecule has 21 heavy (non-hydrogen) atoms. The Bertz CT molecular complexity index is 791. The Morgan fingerprint density at radius 1 is 1.29 bits per heavy atom. The van der Waals surface area contributed by atoms with E-state index in [1.165, 1.54) is 18.3 Å². The molecule has 0 aliphatic rings. The number of anilines is 2. The Morgan fingerprint density at radius 3 is 2.52 bits per heavy atom. The summed E-state index contributed by atoms with van der Waals surface area (Å²) >= 11 is 5.61. The van der Waals surface area contributed by atoms with Gasteiger partial charge in [0.1, 0.15) is 10.0 Å². The number of nitrogens with one attached hydrogen (secondary N) is 1. The van der Waals surface area contributed by atoms with Gasteiger partial charge in [-0.3, -0.25) is 4.72 Å². The molecule has 0 unspecified atom stereocenters. The van der Waals surface area contributed by atoms with Crippen LogP contribution in [-0.4, -0.2) is 24.5 Å². The van der Waals surface area contributed by atoms with Crippen molar-refractivity contribution in [1.29, 1.82) is 0 Å². The molecule has 9 heteroatoms. The molecule has 7 nitrogen and oxygen atoms in total. The average Bonchev–Trinajstić information content (AvgIpc) is 2.40. The van der Waals surface area contributed by atoms with Crippen LogP contribution in [0.2, 0.25) is 5.15 Å². The fraction of sp³-hybridized carbons (Fsp3) is 0. The number of aromatic nitrogens is 1. The Morgan fingerprint density at radius 2 is 2.00 bits per heavy atom. The van der Waals surface area contributed by atoms with E-state index in [0.29, 0.717) is 0 Å². The van der Waals surface area contributed by atoms with Crippen molar-refractivity contribution in [3.63, 3.8) is 0 Å². The third-order valence-corrected chi connectivity index (χ3v) is 4.20. The molecular formula is C12H10ClN3O4S. The highest BCUT2D eigenvalue weighted by molar-refractivity contribution is 7.92. The maximum Gasteiger partial charge on any atom is 0.335 e. The number of hydrogen-bond donors (Lipinski definition) is 3. The molecule has 0 fully saturated rings. The van der Waals surface area contributed by atoms with Gasteiger partial charge >= 0.3 is 5.97 Å². The normalized spacial score (nSPS) is 11.1. The number of pyridine rings is 1. The average molecular weight is 328 g/mol. The van der Waals surface area contributed by atoms with Gasteiger partial charge in [-0.05, 0) is 30.3 Å². The van der Waals surface area contributed by atoms with Crippen LogP contribution in [-0.2, 0) is 10.0 Å². The van der Waals surface area contributed by atoms with Crippen LogP contribution in [0.3, 0.4) is 0 Å². The van der Waals surface area contributed by atoms with Crippen molar-refractivity contribution in [2.24, 2.45) is 0 Å². The highest BCUT2D eigenvalue weighted by Crippen LogP contribution is 2.23. The molecule has 0 radical (unpaired) electrons. The zero-order chi connectivity index (χ0) is 15.6. The van der Waals surface area contributed by atoms with E-state index in [1.807, 2.05) is 0 Å². The molecule has 2 rings (SSSR count). The molecule has 0 amide bonds. The summed E-state index contributed by atoms with van der Waals surface area (Å²) in [6.45, 7) is 0. The largest absolute Gasteiger partial charge is 0.478 e. The van der Waals surface area contributed by atoms with Crippen molar-refractivity contribution >= 4 is 39.0 Å². The molecule has 4 N–H and O–H groups in total. The van der Waals surface area contributed by atoms with Crippen molar-refractivity contribution in [1.82, 2.24) is 4.98 Å². The second kappa shape index (κ2) is 5.58. The Labute approximate surface area is 125 Å². The quantitative estimate of drug-likeness (QED) is 0.581. The zero-order valence-electron chi connectivity index (χ0n) is 10.4. The number of hydrogen-bond acceptors (Lipinski definition) is 5. The minimum Gasteiger partial charge on any atom is -0.478 e. The van der Waals surface area contributed by atoms with E-state index >= 15 is 0 Å². The number of aromatic carboxylic acids is 1. The minimum atomic E-state index is -3.95. The lowest BCUT2D eigenvalue weighted by Gasteiger charge is -2.10. The molecule has 0 aliphatic carbocycles. The zero-order valence-corrected chi connectivity index (χ0v) is 12.0. The number of benzene rings is 1. The number of carbonyl (C=O) groups is 1. The molecule has 0 saturated carbocycles. The third kappa shape index (κ3) is 3.41. The van der Waals surface area contributed by atoms with Gasteiger partial charge in [0.05, 0.1) is 23.1 Å². The van der Waals surface area contributed by atoms with Crippen LogP contribution in [0.1, 0.15) is 10.4 Å². The van der Waals surface area contributed by atoms with E-state index in [4.69, 9.17) is 22.4 Å². The smallest absolute Gasteiger partial charge is 0.335 e. The topological polar surface area (TPSA) is 122 Å². The summed E-state index contributed by atoms with van der Waals surface area (Å²) in [5, 5.41) is 9.05. The van der Waals surface area contributed by atoms with Gasteiger partial charge in [0, 0.05) is 0 Å². The van der Waals surface area contributed by atoms with E-state index in [1.54, 1.807) is 0 Å². The summed E-state index contributed by atoms with van der Waals surface area (Å²) in [6, 6.07) is 6.24. The van der Waals surface area contributed by atoms with E-state index in [9.17, 15) is 13.2 Å². The molecule has 110 valence electrons. The summed E-state index contributed by atoms with van der Waals surface area (Å²) in [4.78, 5) is 14.3. The molecule has 0 aliphatic heterocycles. The fourth-order valence-corrected chi connectivity index (χ4v) is 2.84. The fourth-order valence-electron chi connectivity index (χ4n) is 1.57. The van der Waals surface area contributed by atoms with Gasteiger partial charge in [-0.25, -0.2) is 18.2 Å². The number of rotatable bonds is 4. The third-order valence-electron chi connectivity index (χ3n) is 2.53. The van der Waals surface area contributed by atoms with Gasteiger partial charge in [-0.15, -0.1) is 0 Å². The van der Waals surface area contributed by atoms with Gasteiger partial charge in [0.15, 0.2) is 0 Å². The molecule has 0 bridgehead atoms. The Hall–Kier alpha value is -2.32. The Balaban J connectivity index is 2.35. The number of carboxylic acids is 1. The molecule has 1 aromatic carbocycles. The van der Waals surface area contributed by atoms with Crippen molar-refractivity contribution in [3.05, 3.63) is 47.2 Å². The number of nitrogens with zero attached hydrogens (tertiary/aromatic N) is 1. The summed E-state index contributed by atoms with van der Waals surface area (Å²) in [5.41, 5.74) is 5.55. The van der Waals surface area contributed by atoms with Gasteiger partial charge in [-0.2, -0.15) is 0 Å². The number of halogens is 1. The van der Waals surface area contributed by atoms with E-state index < -0.39 is 16.0 Å². The highest BCUT2D eigenvalue weighted by atomic mass is 35.5. The predicted molar refractivity (Wildman–Crippen MR) is 77.9 cm³/mol. The molecule has 2 aromatic rings. The molecule has 0 atom stereocenters. The van der Waals surface area contributed by atoms with E-state index in [0.717, 1.165) is 18.2 Å². The summed E-state index contributed by atoms with van der Waals surface area (Å²) < 4.78 is 26.7. The number of nitrogens with two attached hydrogens (primary N) is 1. The minimum absolute atomic E-state index is 0.0976. The lowest BCUT2D eigenvalue weighted by atomic mass is 10.2. The summed E-state index contributed by atoms with van der Waals surface area (Å²) in [5.74, 6) is -1.19. The first kappa shape index (κ1) is 15.1. The van der Waals surface area contributed by atoms with Crippen LogP contribution in [0.4, 0.5) is 11.4 Å². The first-order valence-electron chi connectivity index (χ1n) is 5.57. The summed E-state index contributed by atoms with van der Waals surface area (Å²) in [7, 11) is -3.95. The number of nitrogen functional groups attached to an aromatic ring is 1. The van der Waals surface area contributed by atoms with Crippen LogP contribution in [0.5, 0.6) is 0 Å². The predicted octanol–water partition coefficient (Wildman–Crippen LogP) is 1.82. The van der Waals surface area contributed by atoms with Crippen LogP contribution in [0.15, 0.2) is 41.4 Å². The first-order valence-corrected chi connectivity index (χ1v) is 7.43. The first-order chi connectivity index (χ1) is 9.79. The second-order valence-corrected chi connectivity index (χ2v) is 6.07. The maximum absolute atomic E-state index is 12.2. The monoisotopic (exact) mass is 327 g/mol. The lowest BCUT2D eigenvalue weighted by molar-refractivity contribution is 0.0697. The van der Waals surface area contributed by atoms with Crippen LogP contribution >= 0.6 is 11.6 Å². The molecular weight excluding hydrogens is 318 g/mol. The Kier molecular flexibility index (Phi) is 4.01. The van der Waals surface area contributed by atoms with Crippen LogP contribution < -0.4 is 10.5 Å². The van der Waals surface area contributed by atoms with Gasteiger partial charge in [0.25, 0.3) is 10.0 Å². The van der Waals surface area contributed by atoms with Crippen LogP contribution in [0.25, 0.3) is 0 Å². The van der Waals surface area contributed by atoms with Gasteiger partial charge in [0.2, 0.25) is 0 Å². The SMILES string of the molecule is Nc1cc(C(=O)O)ccc1S(=O)(=O)Nc1ccc(Cl)nc1. The summed E-state index contributed by atoms with van der Waals surface area (Å²) in [6.07, 6.45) is 1.25. The van der Waals surface area contributed by atoms with Crippen molar-refractivity contribution < 1.29 is 18.3 Å². The van der Waals surface area contributed by atoms with E-state index in [-0.39, 0.29) is 27.0 Å². The van der Waals surface area contributed by atoms with Crippen molar-refractivity contribution in [2.45, 2.75) is 4.90 Å². The number of sulfonamides is 1.